The van der Waals surface area contributed by atoms with Crippen molar-refractivity contribution in [2.45, 2.75) is 43.7 Å². The average Bonchev–Trinajstić information content (AvgIpc) is 3.31. The van der Waals surface area contributed by atoms with Crippen LogP contribution >= 0.6 is 0 Å². The molecule has 1 fully saturated rings. The smallest absolute Gasteiger partial charge is 0.264 e. The van der Waals surface area contributed by atoms with Gasteiger partial charge in [-0.1, -0.05) is 84.0 Å². The number of piperidine rings is 1. The van der Waals surface area contributed by atoms with Gasteiger partial charge >= 0.3 is 0 Å². The van der Waals surface area contributed by atoms with E-state index in [4.69, 9.17) is 0 Å². The Morgan fingerprint density at radius 3 is 2.31 bits per heavy atom. The summed E-state index contributed by atoms with van der Waals surface area (Å²) in [5.74, 6) is 0.163. The number of benzene rings is 3. The highest BCUT2D eigenvalue weighted by Gasteiger charge is 2.44. The Labute approximate surface area is 214 Å². The van der Waals surface area contributed by atoms with E-state index in [2.05, 4.69) is 53.5 Å². The quantitative estimate of drug-likeness (QED) is 0.452. The van der Waals surface area contributed by atoms with Crippen molar-refractivity contribution in [2.75, 3.05) is 17.4 Å². The first-order valence-corrected chi connectivity index (χ1v) is 14.3. The zero-order valence-corrected chi connectivity index (χ0v) is 21.5. The van der Waals surface area contributed by atoms with E-state index in [9.17, 15) is 8.42 Å². The minimum atomic E-state index is -3.69. The number of fused-ring (bicyclic) bond motifs is 2. The number of sulfonamides is 1. The topological polar surface area (TPSA) is 40.6 Å². The third kappa shape index (κ3) is 4.21. The van der Waals surface area contributed by atoms with Crippen molar-refractivity contribution < 1.29 is 8.42 Å². The third-order valence-corrected chi connectivity index (χ3v) is 9.74. The van der Waals surface area contributed by atoms with Crippen LogP contribution in [-0.2, 0) is 23.0 Å². The maximum Gasteiger partial charge on any atom is 0.264 e. The molecule has 2 aliphatic heterocycles. The van der Waals surface area contributed by atoms with Crippen molar-refractivity contribution >= 4 is 15.7 Å². The maximum absolute atomic E-state index is 14.0. The lowest BCUT2D eigenvalue weighted by Crippen LogP contribution is -2.46. The van der Waals surface area contributed by atoms with E-state index in [0.29, 0.717) is 4.90 Å². The van der Waals surface area contributed by atoms with Gasteiger partial charge < -0.3 is 0 Å². The van der Waals surface area contributed by atoms with Crippen LogP contribution in [0.2, 0.25) is 0 Å². The summed E-state index contributed by atoms with van der Waals surface area (Å²) in [5.41, 5.74) is 7.19. The van der Waals surface area contributed by atoms with Crippen LogP contribution in [0.5, 0.6) is 0 Å². The monoisotopic (exact) mass is 496 g/mol. The second-order valence-electron chi connectivity index (χ2n) is 10.2. The summed E-state index contributed by atoms with van der Waals surface area (Å²) in [5, 5.41) is 0. The standard InChI is InChI=1S/C31H32N2O2S/c1-23-11-13-27(14-12-23)36(34,35)33-30-10-6-5-9-26(30)21-29-28(15-16-31(29)33)25-17-19-32(20-18-25)22-24-7-3-2-4-8-24/h2-16,29,31H,17-22H2,1H3/t29-,31+/m0/s1. The number of rotatable bonds is 4. The van der Waals surface area contributed by atoms with Crippen LogP contribution in [0.1, 0.15) is 29.5 Å². The first kappa shape index (κ1) is 23.3. The van der Waals surface area contributed by atoms with Crippen LogP contribution in [0, 0.1) is 12.8 Å². The molecule has 6 rings (SSSR count). The Bertz CT molecular complexity index is 1410. The van der Waals surface area contributed by atoms with Gasteiger partial charge in [0.15, 0.2) is 0 Å². The number of hydrogen-bond acceptors (Lipinski definition) is 3. The minimum Gasteiger partial charge on any atom is -0.298 e. The normalized spacial score (nSPS) is 22.0. The molecule has 0 unspecified atom stereocenters. The van der Waals surface area contributed by atoms with Gasteiger partial charge in [0.2, 0.25) is 0 Å². The predicted molar refractivity (Wildman–Crippen MR) is 145 cm³/mol. The zero-order valence-electron chi connectivity index (χ0n) is 20.7. The van der Waals surface area contributed by atoms with Gasteiger partial charge in [0, 0.05) is 25.6 Å². The minimum absolute atomic E-state index is 0.163. The lowest BCUT2D eigenvalue weighted by molar-refractivity contribution is 0.246. The number of hydrogen-bond donors (Lipinski definition) is 0. The second-order valence-corrected chi connectivity index (χ2v) is 12.0. The summed E-state index contributed by atoms with van der Waals surface area (Å²) in [7, 11) is -3.69. The molecule has 5 heteroatoms. The highest BCUT2D eigenvalue weighted by Crippen LogP contribution is 2.45. The van der Waals surface area contributed by atoms with Crippen LogP contribution in [0.4, 0.5) is 5.69 Å². The fraction of sp³-hybridized carbons (Fsp3) is 0.290. The van der Waals surface area contributed by atoms with Crippen molar-refractivity contribution in [1.82, 2.24) is 4.90 Å². The Morgan fingerprint density at radius 2 is 1.56 bits per heavy atom. The Kier molecular flexibility index (Phi) is 6.06. The first-order valence-electron chi connectivity index (χ1n) is 12.9. The SMILES string of the molecule is Cc1ccc(S(=O)(=O)N2c3ccccc3C[C@H]3C(=C4CCN(Cc5ccccc5)CC4)C=C[C@H]32)cc1. The Balaban J connectivity index is 1.29. The summed E-state index contributed by atoms with van der Waals surface area (Å²) < 4.78 is 29.6. The molecular formula is C31H32N2O2S. The van der Waals surface area contributed by atoms with Gasteiger partial charge in [-0.15, -0.1) is 0 Å². The molecule has 0 bridgehead atoms. The molecule has 2 heterocycles. The van der Waals surface area contributed by atoms with Crippen molar-refractivity contribution in [2.24, 2.45) is 5.92 Å². The molecule has 1 saturated heterocycles. The van der Waals surface area contributed by atoms with Crippen molar-refractivity contribution in [3.63, 3.8) is 0 Å². The van der Waals surface area contributed by atoms with Crippen molar-refractivity contribution in [3.05, 3.63) is 119 Å². The Hall–Kier alpha value is -3.15. The number of para-hydroxylation sites is 1. The van der Waals surface area contributed by atoms with Gasteiger partial charge in [0.1, 0.15) is 0 Å². The first-order chi connectivity index (χ1) is 17.5. The molecule has 36 heavy (non-hydrogen) atoms. The molecule has 4 nitrogen and oxygen atoms in total. The van der Waals surface area contributed by atoms with Crippen molar-refractivity contribution in [1.29, 1.82) is 0 Å². The van der Waals surface area contributed by atoms with E-state index in [-0.39, 0.29) is 12.0 Å². The van der Waals surface area contributed by atoms with E-state index in [1.54, 1.807) is 16.4 Å². The van der Waals surface area contributed by atoms with Gasteiger partial charge in [-0.3, -0.25) is 9.21 Å². The zero-order chi connectivity index (χ0) is 24.7. The maximum atomic E-state index is 14.0. The van der Waals surface area contributed by atoms with E-state index in [1.165, 1.54) is 16.7 Å². The van der Waals surface area contributed by atoms with Gasteiger partial charge in [-0.25, -0.2) is 8.42 Å². The van der Waals surface area contributed by atoms with E-state index >= 15 is 0 Å². The fourth-order valence-electron chi connectivity index (χ4n) is 6.02. The van der Waals surface area contributed by atoms with E-state index in [0.717, 1.165) is 55.7 Å². The summed E-state index contributed by atoms with van der Waals surface area (Å²) in [6.45, 7) is 5.05. The molecule has 0 saturated carbocycles. The molecule has 0 aromatic heterocycles. The molecule has 0 radical (unpaired) electrons. The molecule has 3 aromatic carbocycles. The Morgan fingerprint density at radius 1 is 0.861 bits per heavy atom. The molecule has 184 valence electrons. The van der Waals surface area contributed by atoms with Gasteiger partial charge in [-0.05, 0) is 61.1 Å². The highest BCUT2D eigenvalue weighted by atomic mass is 32.2. The molecule has 1 aliphatic carbocycles. The van der Waals surface area contributed by atoms with Gasteiger partial charge in [0.25, 0.3) is 10.0 Å². The number of anilines is 1. The second kappa shape index (κ2) is 9.38. The van der Waals surface area contributed by atoms with Crippen LogP contribution in [-0.4, -0.2) is 32.4 Å². The average molecular weight is 497 g/mol. The number of aryl methyl sites for hydroxylation is 1. The largest absolute Gasteiger partial charge is 0.298 e. The lowest BCUT2D eigenvalue weighted by Gasteiger charge is -2.40. The fourth-order valence-corrected chi connectivity index (χ4v) is 7.70. The lowest BCUT2D eigenvalue weighted by atomic mass is 9.82. The third-order valence-electron chi connectivity index (χ3n) is 7.92. The molecule has 2 atom stereocenters. The number of nitrogens with zero attached hydrogens (tertiary/aromatic N) is 2. The van der Waals surface area contributed by atoms with Crippen LogP contribution in [0.3, 0.4) is 0 Å². The summed E-state index contributed by atoms with van der Waals surface area (Å²) in [4.78, 5) is 2.88. The highest BCUT2D eigenvalue weighted by molar-refractivity contribution is 7.92. The predicted octanol–water partition coefficient (Wildman–Crippen LogP) is 5.89. The number of allylic oxidation sites excluding steroid dienone is 1. The van der Waals surface area contributed by atoms with Crippen molar-refractivity contribution in [3.8, 4) is 0 Å². The number of likely N-dealkylation sites (tertiary alicyclic amines) is 1. The van der Waals surface area contributed by atoms with Gasteiger partial charge in [0.05, 0.1) is 16.6 Å². The van der Waals surface area contributed by atoms with E-state index in [1.807, 2.05) is 37.3 Å². The van der Waals surface area contributed by atoms with Crippen LogP contribution in [0.15, 0.2) is 107 Å². The molecule has 3 aliphatic rings. The van der Waals surface area contributed by atoms with Crippen LogP contribution < -0.4 is 4.31 Å². The summed E-state index contributed by atoms with van der Waals surface area (Å²) >= 11 is 0. The van der Waals surface area contributed by atoms with Crippen LogP contribution in [0.25, 0.3) is 0 Å². The van der Waals surface area contributed by atoms with Gasteiger partial charge in [-0.2, -0.15) is 0 Å². The molecule has 3 aromatic rings. The molecule has 0 N–H and O–H groups in total. The summed E-state index contributed by atoms with van der Waals surface area (Å²) in [6.07, 6.45) is 7.32. The molecular weight excluding hydrogens is 464 g/mol. The summed E-state index contributed by atoms with van der Waals surface area (Å²) in [6, 6.07) is 25.7. The molecule has 0 amide bonds. The molecule has 0 spiro atoms. The van der Waals surface area contributed by atoms with E-state index < -0.39 is 10.0 Å².